The Labute approximate surface area is 114 Å². The lowest BCUT2D eigenvalue weighted by molar-refractivity contribution is 0.361. The van der Waals surface area contributed by atoms with Gasteiger partial charge in [-0.1, -0.05) is 49.3 Å². The maximum absolute atomic E-state index is 5.84. The fourth-order valence-corrected chi connectivity index (χ4v) is 1.99. The smallest absolute Gasteiger partial charge is 0.235 e. The summed E-state index contributed by atoms with van der Waals surface area (Å²) in [6, 6.07) is 10.0. The summed E-state index contributed by atoms with van der Waals surface area (Å²) in [5, 5.41) is 4.04. The molecule has 0 bridgehead atoms. The predicted octanol–water partition coefficient (Wildman–Crippen LogP) is 2.75. The minimum Gasteiger partial charge on any atom is -0.339 e. The number of aryl methyl sites for hydroxylation is 1. The molecule has 0 aliphatic carbocycles. The molecule has 2 N–H and O–H groups in total. The first-order valence-electron chi connectivity index (χ1n) is 6.78. The lowest BCUT2D eigenvalue weighted by atomic mass is 9.99. The van der Waals surface area contributed by atoms with E-state index in [4.69, 9.17) is 10.3 Å². The second kappa shape index (κ2) is 6.48. The Morgan fingerprint density at radius 1 is 1.21 bits per heavy atom. The van der Waals surface area contributed by atoms with Crippen LogP contribution in [-0.4, -0.2) is 16.7 Å². The van der Waals surface area contributed by atoms with Crippen molar-refractivity contribution in [3.63, 3.8) is 0 Å². The summed E-state index contributed by atoms with van der Waals surface area (Å²) >= 11 is 0. The number of rotatable bonds is 6. The van der Waals surface area contributed by atoms with Gasteiger partial charge in [0.25, 0.3) is 0 Å². The van der Waals surface area contributed by atoms with Gasteiger partial charge in [-0.15, -0.1) is 0 Å². The maximum Gasteiger partial charge on any atom is 0.235 e. The van der Waals surface area contributed by atoms with Crippen LogP contribution in [0.5, 0.6) is 0 Å². The maximum atomic E-state index is 5.84. The summed E-state index contributed by atoms with van der Waals surface area (Å²) in [4.78, 5) is 4.47. The topological polar surface area (TPSA) is 64.9 Å². The molecule has 0 amide bonds. The van der Waals surface area contributed by atoms with Gasteiger partial charge in [-0.3, -0.25) is 0 Å². The highest BCUT2D eigenvalue weighted by Gasteiger charge is 2.19. The molecular weight excluding hydrogens is 238 g/mol. The average Bonchev–Trinajstić information content (AvgIpc) is 2.87. The number of nitrogens with zero attached hydrogens (tertiary/aromatic N) is 2. The molecule has 4 heteroatoms. The van der Waals surface area contributed by atoms with Gasteiger partial charge in [-0.25, -0.2) is 0 Å². The van der Waals surface area contributed by atoms with E-state index in [0.29, 0.717) is 18.4 Å². The minimum atomic E-state index is -0.0125. The zero-order valence-corrected chi connectivity index (χ0v) is 11.5. The summed E-state index contributed by atoms with van der Waals surface area (Å²) < 4.78 is 5.36. The summed E-state index contributed by atoms with van der Waals surface area (Å²) in [7, 11) is 0. The van der Waals surface area contributed by atoms with Crippen molar-refractivity contribution in [3.05, 3.63) is 47.6 Å². The second-order valence-corrected chi connectivity index (χ2v) is 5.18. The molecule has 0 aliphatic heterocycles. The van der Waals surface area contributed by atoms with Gasteiger partial charge in [0.2, 0.25) is 5.89 Å². The van der Waals surface area contributed by atoms with Crippen LogP contribution in [0.4, 0.5) is 0 Å². The van der Waals surface area contributed by atoms with Crippen molar-refractivity contribution in [2.45, 2.75) is 32.6 Å². The van der Waals surface area contributed by atoms with E-state index in [1.54, 1.807) is 0 Å². The molecule has 19 heavy (non-hydrogen) atoms. The van der Waals surface area contributed by atoms with Gasteiger partial charge < -0.3 is 10.3 Å². The summed E-state index contributed by atoms with van der Waals surface area (Å²) in [5.74, 6) is 2.02. The molecule has 2 rings (SSSR count). The highest BCUT2D eigenvalue weighted by molar-refractivity contribution is 5.24. The van der Waals surface area contributed by atoms with Crippen LogP contribution in [0, 0.1) is 5.92 Å². The fourth-order valence-electron chi connectivity index (χ4n) is 1.99. The van der Waals surface area contributed by atoms with Crippen LogP contribution in [0.2, 0.25) is 0 Å². The molecule has 102 valence electrons. The van der Waals surface area contributed by atoms with Gasteiger partial charge in [-0.2, -0.15) is 4.98 Å². The Kier molecular flexibility index (Phi) is 4.68. The monoisotopic (exact) mass is 259 g/mol. The van der Waals surface area contributed by atoms with Gasteiger partial charge in [0.05, 0.1) is 5.92 Å². The van der Waals surface area contributed by atoms with Crippen molar-refractivity contribution in [2.24, 2.45) is 11.7 Å². The van der Waals surface area contributed by atoms with Crippen molar-refractivity contribution in [3.8, 4) is 0 Å². The van der Waals surface area contributed by atoms with E-state index < -0.39 is 0 Å². The van der Waals surface area contributed by atoms with E-state index in [0.717, 1.165) is 24.2 Å². The Hall–Kier alpha value is -1.68. The summed E-state index contributed by atoms with van der Waals surface area (Å²) in [6.45, 7) is 4.84. The van der Waals surface area contributed by atoms with Crippen molar-refractivity contribution in [1.82, 2.24) is 10.1 Å². The molecule has 0 aliphatic rings. The number of aromatic nitrogens is 2. The normalized spacial score (nSPS) is 12.8. The van der Waals surface area contributed by atoms with E-state index in [9.17, 15) is 0 Å². The van der Waals surface area contributed by atoms with E-state index in [1.165, 1.54) is 0 Å². The third-order valence-corrected chi connectivity index (χ3v) is 3.16. The zero-order valence-electron chi connectivity index (χ0n) is 11.5. The molecule has 1 aromatic carbocycles. The van der Waals surface area contributed by atoms with Crippen LogP contribution in [-0.2, 0) is 6.42 Å². The van der Waals surface area contributed by atoms with Gasteiger partial charge in [-0.05, 0) is 17.9 Å². The molecule has 2 aromatic rings. The SMILES string of the molecule is CC(C)CCc1noc(C(CN)c2ccccc2)n1. The van der Waals surface area contributed by atoms with Gasteiger partial charge in [0, 0.05) is 13.0 Å². The first-order valence-corrected chi connectivity index (χ1v) is 6.78. The lowest BCUT2D eigenvalue weighted by Crippen LogP contribution is -2.14. The molecule has 0 spiro atoms. The van der Waals surface area contributed by atoms with Crippen LogP contribution in [0.3, 0.4) is 0 Å². The minimum absolute atomic E-state index is 0.0125. The predicted molar refractivity (Wildman–Crippen MR) is 74.8 cm³/mol. The Bertz CT molecular complexity index is 493. The van der Waals surface area contributed by atoms with Crippen molar-refractivity contribution in [1.29, 1.82) is 0 Å². The molecule has 1 heterocycles. The molecular formula is C15H21N3O. The Morgan fingerprint density at radius 2 is 1.95 bits per heavy atom. The van der Waals surface area contributed by atoms with Crippen LogP contribution < -0.4 is 5.73 Å². The molecule has 0 saturated carbocycles. The first kappa shape index (κ1) is 13.7. The van der Waals surface area contributed by atoms with Crippen molar-refractivity contribution in [2.75, 3.05) is 6.54 Å². The highest BCUT2D eigenvalue weighted by Crippen LogP contribution is 2.22. The quantitative estimate of drug-likeness (QED) is 0.866. The molecule has 1 unspecified atom stereocenters. The van der Waals surface area contributed by atoms with Crippen molar-refractivity contribution >= 4 is 0 Å². The summed E-state index contributed by atoms with van der Waals surface area (Å²) in [6.07, 6.45) is 1.92. The lowest BCUT2D eigenvalue weighted by Gasteiger charge is -2.09. The largest absolute Gasteiger partial charge is 0.339 e. The van der Waals surface area contributed by atoms with Gasteiger partial charge in [0.1, 0.15) is 0 Å². The molecule has 0 fully saturated rings. The third-order valence-electron chi connectivity index (χ3n) is 3.16. The number of nitrogens with two attached hydrogens (primary N) is 1. The Balaban J connectivity index is 2.12. The third kappa shape index (κ3) is 3.64. The number of benzene rings is 1. The molecule has 4 nitrogen and oxygen atoms in total. The molecule has 0 radical (unpaired) electrons. The number of hydrogen-bond donors (Lipinski definition) is 1. The average molecular weight is 259 g/mol. The van der Waals surface area contributed by atoms with E-state index in [1.807, 2.05) is 30.3 Å². The standard InChI is InChI=1S/C15H21N3O/c1-11(2)8-9-14-17-15(19-18-14)13(10-16)12-6-4-3-5-7-12/h3-7,11,13H,8-10,16H2,1-2H3. The van der Waals surface area contributed by atoms with Crippen LogP contribution in [0.25, 0.3) is 0 Å². The first-order chi connectivity index (χ1) is 9.20. The molecule has 0 saturated heterocycles. The van der Waals surface area contributed by atoms with Crippen molar-refractivity contribution < 1.29 is 4.52 Å². The van der Waals surface area contributed by atoms with Crippen LogP contribution in [0.1, 0.15) is 43.5 Å². The van der Waals surface area contributed by atoms with Gasteiger partial charge >= 0.3 is 0 Å². The molecule has 1 atom stereocenters. The van der Waals surface area contributed by atoms with E-state index in [-0.39, 0.29) is 5.92 Å². The fraction of sp³-hybridized carbons (Fsp3) is 0.467. The molecule has 1 aromatic heterocycles. The highest BCUT2D eigenvalue weighted by atomic mass is 16.5. The van der Waals surface area contributed by atoms with Crippen LogP contribution >= 0.6 is 0 Å². The Morgan fingerprint density at radius 3 is 2.58 bits per heavy atom. The number of hydrogen-bond acceptors (Lipinski definition) is 4. The van der Waals surface area contributed by atoms with Gasteiger partial charge in [0.15, 0.2) is 5.82 Å². The second-order valence-electron chi connectivity index (χ2n) is 5.18. The zero-order chi connectivity index (χ0) is 13.7. The van der Waals surface area contributed by atoms with E-state index in [2.05, 4.69) is 24.0 Å². The van der Waals surface area contributed by atoms with E-state index >= 15 is 0 Å². The summed E-state index contributed by atoms with van der Waals surface area (Å²) in [5.41, 5.74) is 6.96. The van der Waals surface area contributed by atoms with Crippen LogP contribution in [0.15, 0.2) is 34.9 Å².